The fourth-order valence-corrected chi connectivity index (χ4v) is 2.14. The summed E-state index contributed by atoms with van der Waals surface area (Å²) in [4.78, 5) is 11.3. The zero-order valence-corrected chi connectivity index (χ0v) is 12.9. The van der Waals surface area contributed by atoms with Gasteiger partial charge in [-0.15, -0.1) is 10.2 Å². The normalized spacial score (nSPS) is 10.4. The van der Waals surface area contributed by atoms with Gasteiger partial charge in [0.25, 0.3) is 11.1 Å². The van der Waals surface area contributed by atoms with Crippen molar-refractivity contribution in [2.75, 3.05) is 12.3 Å². The van der Waals surface area contributed by atoms with Crippen LogP contribution in [0, 0.1) is 0 Å². The summed E-state index contributed by atoms with van der Waals surface area (Å²) in [5, 5.41) is 11.4. The van der Waals surface area contributed by atoms with Crippen molar-refractivity contribution in [2.24, 2.45) is 0 Å². The van der Waals surface area contributed by atoms with Crippen LogP contribution in [0.15, 0.2) is 33.9 Å². The van der Waals surface area contributed by atoms with Crippen LogP contribution in [-0.4, -0.2) is 28.4 Å². The Bertz CT molecular complexity index is 589. The molecule has 0 spiro atoms. The molecule has 0 atom stereocenters. The van der Waals surface area contributed by atoms with E-state index >= 15 is 0 Å². The Kier molecular flexibility index (Phi) is 5.89. The number of amides is 1. The Balaban J connectivity index is 1.80. The molecule has 0 saturated carbocycles. The van der Waals surface area contributed by atoms with Crippen LogP contribution in [0.1, 0.15) is 12.8 Å². The fraction of sp³-hybridized carbons (Fsp3) is 0.308. The van der Waals surface area contributed by atoms with E-state index in [1.807, 2.05) is 6.92 Å². The molecule has 0 aliphatic carbocycles. The second-order valence-corrected chi connectivity index (χ2v) is 5.31. The molecule has 0 unspecified atom stereocenters. The number of aromatic nitrogens is 2. The summed E-state index contributed by atoms with van der Waals surface area (Å²) in [5.41, 5.74) is 0. The van der Waals surface area contributed by atoms with E-state index in [0.29, 0.717) is 28.4 Å². The average molecular weight is 328 g/mol. The molecule has 0 radical (unpaired) electrons. The first-order valence-corrected chi connectivity index (χ1v) is 7.64. The summed E-state index contributed by atoms with van der Waals surface area (Å²) in [6.45, 7) is 2.63. The lowest BCUT2D eigenvalue weighted by atomic mass is 10.3. The monoisotopic (exact) mass is 327 g/mol. The summed E-state index contributed by atoms with van der Waals surface area (Å²) in [7, 11) is 0. The first-order chi connectivity index (χ1) is 10.2. The molecule has 2 aromatic rings. The van der Waals surface area contributed by atoms with Gasteiger partial charge in [0.15, 0.2) is 6.61 Å². The Morgan fingerprint density at radius 3 is 2.86 bits per heavy atom. The average Bonchev–Trinajstić information content (AvgIpc) is 2.93. The van der Waals surface area contributed by atoms with Gasteiger partial charge in [0.1, 0.15) is 5.75 Å². The van der Waals surface area contributed by atoms with Crippen molar-refractivity contribution >= 4 is 29.3 Å². The van der Waals surface area contributed by atoms with Gasteiger partial charge in [-0.05, 0) is 31.2 Å². The van der Waals surface area contributed by atoms with Gasteiger partial charge < -0.3 is 14.5 Å². The number of rotatable bonds is 7. The lowest BCUT2D eigenvalue weighted by Gasteiger charge is -2.02. The standard InChI is InChI=1S/C13H14ClN3O3S/c1-2-15-11(18)8-21-13-17-16-12(20-13)7-19-10-5-3-9(14)4-6-10/h3-6H,2,7-8H2,1H3,(H,15,18). The number of hydrogen-bond acceptors (Lipinski definition) is 6. The number of nitrogens with zero attached hydrogens (tertiary/aromatic N) is 2. The maximum atomic E-state index is 11.3. The number of benzene rings is 1. The van der Waals surface area contributed by atoms with E-state index in [2.05, 4.69) is 15.5 Å². The highest BCUT2D eigenvalue weighted by Gasteiger charge is 2.09. The molecular weight excluding hydrogens is 314 g/mol. The summed E-state index contributed by atoms with van der Waals surface area (Å²) >= 11 is 6.97. The van der Waals surface area contributed by atoms with Crippen LogP contribution >= 0.6 is 23.4 Å². The fourth-order valence-electron chi connectivity index (χ4n) is 1.41. The molecule has 2 rings (SSSR count). The van der Waals surface area contributed by atoms with Crippen molar-refractivity contribution in [3.63, 3.8) is 0 Å². The van der Waals surface area contributed by atoms with Crippen LogP contribution in [0.25, 0.3) is 0 Å². The lowest BCUT2D eigenvalue weighted by molar-refractivity contribution is -0.118. The number of thioether (sulfide) groups is 1. The predicted octanol–water partition coefficient (Wildman–Crippen LogP) is 2.53. The molecule has 1 heterocycles. The van der Waals surface area contributed by atoms with E-state index in [0.717, 1.165) is 0 Å². The molecule has 1 aromatic carbocycles. The minimum atomic E-state index is -0.0698. The lowest BCUT2D eigenvalue weighted by Crippen LogP contribution is -2.24. The van der Waals surface area contributed by atoms with Crippen molar-refractivity contribution in [1.29, 1.82) is 0 Å². The molecule has 1 N–H and O–H groups in total. The Labute approximate surface area is 131 Å². The Hall–Kier alpha value is -1.73. The van der Waals surface area contributed by atoms with E-state index in [1.54, 1.807) is 24.3 Å². The number of ether oxygens (including phenoxy) is 1. The van der Waals surface area contributed by atoms with E-state index in [4.69, 9.17) is 20.8 Å². The molecule has 21 heavy (non-hydrogen) atoms. The van der Waals surface area contributed by atoms with E-state index < -0.39 is 0 Å². The predicted molar refractivity (Wildman–Crippen MR) is 79.5 cm³/mol. The van der Waals surface area contributed by atoms with E-state index in [1.165, 1.54) is 11.8 Å². The topological polar surface area (TPSA) is 77.2 Å². The van der Waals surface area contributed by atoms with E-state index in [-0.39, 0.29) is 18.3 Å². The molecular formula is C13H14ClN3O3S. The highest BCUT2D eigenvalue weighted by atomic mass is 35.5. The van der Waals surface area contributed by atoms with Crippen LogP contribution in [0.5, 0.6) is 5.75 Å². The molecule has 1 amide bonds. The van der Waals surface area contributed by atoms with Gasteiger partial charge in [-0.1, -0.05) is 23.4 Å². The molecule has 0 saturated heterocycles. The maximum Gasteiger partial charge on any atom is 0.277 e. The van der Waals surface area contributed by atoms with Gasteiger partial charge in [0.2, 0.25) is 5.91 Å². The molecule has 1 aromatic heterocycles. The minimum Gasteiger partial charge on any atom is -0.484 e. The number of carbonyl (C=O) groups is 1. The third-order valence-electron chi connectivity index (χ3n) is 2.32. The highest BCUT2D eigenvalue weighted by molar-refractivity contribution is 7.99. The molecule has 6 nitrogen and oxygen atoms in total. The second-order valence-electron chi connectivity index (χ2n) is 3.95. The Morgan fingerprint density at radius 2 is 2.14 bits per heavy atom. The van der Waals surface area contributed by atoms with Crippen molar-refractivity contribution in [1.82, 2.24) is 15.5 Å². The van der Waals surface area contributed by atoms with Crippen LogP contribution in [0.3, 0.4) is 0 Å². The zero-order chi connectivity index (χ0) is 15.1. The first-order valence-electron chi connectivity index (χ1n) is 6.27. The van der Waals surface area contributed by atoms with Crippen LogP contribution < -0.4 is 10.1 Å². The number of nitrogens with one attached hydrogen (secondary N) is 1. The van der Waals surface area contributed by atoms with Crippen molar-refractivity contribution in [2.45, 2.75) is 18.8 Å². The molecule has 8 heteroatoms. The van der Waals surface area contributed by atoms with Gasteiger partial charge in [0, 0.05) is 11.6 Å². The summed E-state index contributed by atoms with van der Waals surface area (Å²) in [6, 6.07) is 6.98. The van der Waals surface area contributed by atoms with Gasteiger partial charge in [-0.3, -0.25) is 4.79 Å². The highest BCUT2D eigenvalue weighted by Crippen LogP contribution is 2.19. The van der Waals surface area contributed by atoms with E-state index in [9.17, 15) is 4.79 Å². The van der Waals surface area contributed by atoms with Gasteiger partial charge in [0.05, 0.1) is 5.75 Å². The third-order valence-corrected chi connectivity index (χ3v) is 3.40. The zero-order valence-electron chi connectivity index (χ0n) is 11.3. The quantitative estimate of drug-likeness (QED) is 0.787. The minimum absolute atomic E-state index is 0.0698. The SMILES string of the molecule is CCNC(=O)CSc1nnc(COc2ccc(Cl)cc2)o1. The number of carbonyl (C=O) groups excluding carboxylic acids is 1. The first kappa shape index (κ1) is 15.7. The second kappa shape index (κ2) is 7.90. The molecule has 0 fully saturated rings. The van der Waals surface area contributed by atoms with Crippen molar-refractivity contribution in [3.05, 3.63) is 35.2 Å². The van der Waals surface area contributed by atoms with Crippen LogP contribution in [-0.2, 0) is 11.4 Å². The van der Waals surface area contributed by atoms with Crippen LogP contribution in [0.2, 0.25) is 5.02 Å². The van der Waals surface area contributed by atoms with Crippen LogP contribution in [0.4, 0.5) is 0 Å². The summed E-state index contributed by atoms with van der Waals surface area (Å²) in [6.07, 6.45) is 0. The Morgan fingerprint density at radius 1 is 1.38 bits per heavy atom. The molecule has 112 valence electrons. The van der Waals surface area contributed by atoms with Gasteiger partial charge >= 0.3 is 0 Å². The molecule has 0 aliphatic heterocycles. The number of halogens is 1. The maximum absolute atomic E-state index is 11.3. The largest absolute Gasteiger partial charge is 0.484 e. The van der Waals surface area contributed by atoms with Crippen molar-refractivity contribution < 1.29 is 13.9 Å². The smallest absolute Gasteiger partial charge is 0.277 e. The van der Waals surface area contributed by atoms with Crippen molar-refractivity contribution in [3.8, 4) is 5.75 Å². The summed E-state index contributed by atoms with van der Waals surface area (Å²) in [5.74, 6) is 1.19. The molecule has 0 bridgehead atoms. The number of hydrogen-bond donors (Lipinski definition) is 1. The van der Waals surface area contributed by atoms with Gasteiger partial charge in [-0.25, -0.2) is 0 Å². The van der Waals surface area contributed by atoms with Gasteiger partial charge in [-0.2, -0.15) is 0 Å². The summed E-state index contributed by atoms with van der Waals surface area (Å²) < 4.78 is 10.8. The third kappa shape index (κ3) is 5.28. The molecule has 0 aliphatic rings.